The number of hydrogen-bond acceptors (Lipinski definition) is 2. The summed E-state index contributed by atoms with van der Waals surface area (Å²) in [5.41, 5.74) is 7.30. The van der Waals surface area contributed by atoms with Crippen LogP contribution in [-0.2, 0) is 30.8 Å². The van der Waals surface area contributed by atoms with Gasteiger partial charge in [0.1, 0.15) is 0 Å². The van der Waals surface area contributed by atoms with Crippen LogP contribution in [0, 0.1) is 35.6 Å². The molecule has 48 heavy (non-hydrogen) atoms. The maximum Gasteiger partial charge on any atom is 2.00 e. The van der Waals surface area contributed by atoms with Crippen molar-refractivity contribution in [3.05, 3.63) is 144 Å². The Morgan fingerprint density at radius 1 is 0.604 bits per heavy atom. The van der Waals surface area contributed by atoms with Gasteiger partial charge in [0.15, 0.2) is 0 Å². The van der Waals surface area contributed by atoms with Crippen LogP contribution >= 0.6 is 15.0 Å². The Morgan fingerprint density at radius 3 is 1.35 bits per heavy atom. The van der Waals surface area contributed by atoms with Gasteiger partial charge in [-0.25, -0.2) is 0 Å². The van der Waals surface area contributed by atoms with Crippen LogP contribution in [0.2, 0.25) is 0 Å². The first-order chi connectivity index (χ1) is 21.3. The van der Waals surface area contributed by atoms with E-state index < -0.39 is 15.0 Å². The van der Waals surface area contributed by atoms with Crippen molar-refractivity contribution in [2.45, 2.75) is 74.1 Å². The molecule has 4 aromatic rings. The third-order valence-electron chi connectivity index (χ3n) is 7.28. The molecule has 0 aliphatic rings. The number of rotatable bonds is 12. The predicted molar refractivity (Wildman–Crippen MR) is 207 cm³/mol. The second kappa shape index (κ2) is 20.9. The summed E-state index contributed by atoms with van der Waals surface area (Å²) in [7, 11) is -6.04. The summed E-state index contributed by atoms with van der Waals surface area (Å²) in [5, 5.41) is 11.2. The third-order valence-corrected chi connectivity index (χ3v) is 11.4. The molecule has 0 amide bonds. The van der Waals surface area contributed by atoms with Crippen molar-refractivity contribution in [2.75, 3.05) is 13.2 Å². The summed E-state index contributed by atoms with van der Waals surface area (Å²) in [6.07, 6.45) is 0. The van der Waals surface area contributed by atoms with Gasteiger partial charge >= 0.3 is 29.5 Å². The van der Waals surface area contributed by atoms with E-state index in [1.165, 1.54) is 16.7 Å². The van der Waals surface area contributed by atoms with Crippen molar-refractivity contribution in [3.63, 3.8) is 0 Å². The molecule has 0 heterocycles. The number of aryl methyl sites for hydroxylation is 3. The van der Waals surface area contributed by atoms with E-state index in [0.717, 1.165) is 33.1 Å². The fourth-order valence-electron chi connectivity index (χ4n) is 5.20. The van der Waals surface area contributed by atoms with Crippen LogP contribution < -0.4 is 10.6 Å². The average Bonchev–Trinajstić information content (AvgIpc) is 3.00. The summed E-state index contributed by atoms with van der Waals surface area (Å²) < 4.78 is 32.8. The van der Waals surface area contributed by atoms with Crippen molar-refractivity contribution in [3.8, 4) is 0 Å². The minimum Gasteiger partial charge on any atom is -0.576 e. The van der Waals surface area contributed by atoms with Crippen LogP contribution in [0.5, 0.6) is 0 Å². The third kappa shape index (κ3) is 11.9. The number of hydrogen-bond donors (Lipinski definition) is 0. The maximum absolute atomic E-state index is 12.0. The van der Waals surface area contributed by atoms with E-state index in [2.05, 4.69) is 51.0 Å². The molecule has 4 rings (SSSR count). The standard InChI is InChI=1S/C24H27NOP.C13H21NO3P.2CH3.Ti/c1-18(2)22-16-11-17-23(19(3)4)24(22)25-27(26,20-12-7-5-8-13-20)21-14-9-6-10-15-21;1-6-16-18(15,17-7-2)14-13-11(4)8-10(3)9-12(13)5;;;/h5-19H,1-4H3;8-9H,6-7H2,1-5H3;2*1H3;/q4*-1;+2/p+2. The molecule has 0 bridgehead atoms. The first kappa shape index (κ1) is 45.6. The van der Waals surface area contributed by atoms with Gasteiger partial charge in [0.2, 0.25) is 7.29 Å². The van der Waals surface area contributed by atoms with Crippen LogP contribution in [0.4, 0.5) is 11.4 Å². The fourth-order valence-corrected chi connectivity index (χ4v) is 8.85. The Balaban J connectivity index is 0.000000931. The first-order valence-electron chi connectivity index (χ1n) is 15.7. The van der Waals surface area contributed by atoms with E-state index in [-0.39, 0.29) is 36.6 Å². The molecule has 0 atom stereocenters. The molecule has 0 fully saturated rings. The van der Waals surface area contributed by atoms with Crippen LogP contribution in [0.1, 0.15) is 81.2 Å². The molecule has 6 nitrogen and oxygen atoms in total. The Labute approximate surface area is 306 Å². The van der Waals surface area contributed by atoms with Crippen LogP contribution in [0.15, 0.2) is 91.0 Å². The topological polar surface area (TPSA) is 89.5 Å². The van der Waals surface area contributed by atoms with Gasteiger partial charge in [0.05, 0.1) is 23.8 Å². The van der Waals surface area contributed by atoms with Crippen molar-refractivity contribution in [2.24, 2.45) is 0 Å². The number of nitrogens with zero attached hydrogens (tertiary/aromatic N) is 2. The summed E-state index contributed by atoms with van der Waals surface area (Å²) >= 11 is 0. The van der Waals surface area contributed by atoms with Crippen LogP contribution in [0.3, 0.4) is 0 Å². The van der Waals surface area contributed by atoms with Crippen LogP contribution in [0.25, 0.3) is 10.2 Å². The second-order valence-corrected chi connectivity index (χ2v) is 15.8. The molecular formula is C39H56N2O4P2Ti. The van der Waals surface area contributed by atoms with Gasteiger partial charge in [-0.3, -0.25) is 13.6 Å². The zero-order valence-corrected chi connectivity index (χ0v) is 34.1. The minimum absolute atomic E-state index is 0. The molecule has 0 radical (unpaired) electrons. The molecule has 0 saturated carbocycles. The van der Waals surface area contributed by atoms with Gasteiger partial charge in [-0.15, -0.1) is 11.4 Å². The molecule has 0 saturated heterocycles. The number of benzene rings is 4. The van der Waals surface area contributed by atoms with Gasteiger partial charge in [0.25, 0.3) is 0 Å². The zero-order chi connectivity index (χ0) is 33.2. The van der Waals surface area contributed by atoms with E-state index in [4.69, 9.17) is 14.1 Å². The summed E-state index contributed by atoms with van der Waals surface area (Å²) in [4.78, 5) is 0. The Morgan fingerprint density at radius 2 is 1.00 bits per heavy atom. The monoisotopic (exact) mass is 726 g/mol. The van der Waals surface area contributed by atoms with Crippen molar-refractivity contribution in [1.29, 1.82) is 0 Å². The summed E-state index contributed by atoms with van der Waals surface area (Å²) in [5.74, 6) is 0.671. The van der Waals surface area contributed by atoms with Gasteiger partial charge in [-0.1, -0.05) is 122 Å². The Bertz CT molecular complexity index is 1530. The molecule has 2 N–H and O–H groups in total. The Hall–Kier alpha value is -2.43. The smallest absolute Gasteiger partial charge is 0.576 e. The molecule has 9 heteroatoms. The molecule has 0 aliphatic heterocycles. The molecule has 4 aromatic carbocycles. The molecule has 0 spiro atoms. The van der Waals surface area contributed by atoms with Crippen molar-refractivity contribution in [1.82, 2.24) is 0 Å². The van der Waals surface area contributed by atoms with E-state index in [1.54, 1.807) is 0 Å². The normalized spacial score (nSPS) is 11.0. The van der Waals surface area contributed by atoms with Crippen LogP contribution in [-0.4, -0.2) is 22.3 Å². The van der Waals surface area contributed by atoms with E-state index >= 15 is 0 Å². The zero-order valence-electron chi connectivity index (χ0n) is 30.7. The molecule has 0 aliphatic carbocycles. The predicted octanol–water partition coefficient (Wildman–Crippen LogP) is 12.4. The van der Waals surface area contributed by atoms with E-state index in [1.807, 2.05) is 107 Å². The van der Waals surface area contributed by atoms with E-state index in [0.29, 0.717) is 25.0 Å². The summed E-state index contributed by atoms with van der Waals surface area (Å²) in [6.45, 7) is 19.1. The average molecular weight is 727 g/mol. The molecule has 0 aromatic heterocycles. The van der Waals surface area contributed by atoms with E-state index in [9.17, 15) is 9.13 Å². The minimum atomic E-state index is -3.14. The van der Waals surface area contributed by atoms with Gasteiger partial charge < -0.3 is 29.6 Å². The maximum atomic E-state index is 12.0. The SMILES string of the molecule is CC(C)c1cccc(C(C)C)c1[N-]P(=[OH+])(c1ccccc1)c1ccccc1.CCOP(=[OH+])([N-]c1c(C)cc(C)cc1C)OCC.[CH3-].[CH3-].[Ti+2]. The molecule has 0 unspecified atom stereocenters. The first-order valence-corrected chi connectivity index (χ1v) is 18.9. The quantitative estimate of drug-likeness (QED) is 0.0629. The Kier molecular flexibility index (Phi) is 19.9. The van der Waals surface area contributed by atoms with Crippen molar-refractivity contribution >= 4 is 37.0 Å². The second-order valence-electron chi connectivity index (χ2n) is 11.6. The van der Waals surface area contributed by atoms with Gasteiger partial charge in [0, 0.05) is 0 Å². The molecule has 260 valence electrons. The van der Waals surface area contributed by atoms with Gasteiger partial charge in [-0.2, -0.15) is 0 Å². The fraction of sp³-hybridized carbons (Fsp3) is 0.333. The van der Waals surface area contributed by atoms with Crippen molar-refractivity contribution < 1.29 is 39.9 Å². The largest absolute Gasteiger partial charge is 2.00 e. The summed E-state index contributed by atoms with van der Waals surface area (Å²) in [6, 6.07) is 30.2. The molecular weight excluding hydrogens is 670 g/mol. The van der Waals surface area contributed by atoms with Gasteiger partial charge in [-0.05, 0) is 70.7 Å².